The number of benzene rings is 1. The second kappa shape index (κ2) is 8.00. The summed E-state index contributed by atoms with van der Waals surface area (Å²) in [6.45, 7) is 3.15. The van der Waals surface area contributed by atoms with Crippen LogP contribution in [0.15, 0.2) is 30.6 Å². The fraction of sp³-hybridized carbons (Fsp3) is 0.357. The standard InChI is InChI=1S/C14H17Cl2N5O/c1-10(11-3-4-12(15)13(16)9-11)19-14(22)17-5-2-7-21-8-6-18-20-21/h3-4,6,8-10H,2,5,7H2,1H3,(H2,17,19,22)/t10-/m0/s1. The molecule has 8 heteroatoms. The van der Waals surface area contributed by atoms with Gasteiger partial charge >= 0.3 is 6.03 Å². The molecule has 0 bridgehead atoms. The third-order valence-corrected chi connectivity index (χ3v) is 3.85. The Morgan fingerprint density at radius 3 is 2.86 bits per heavy atom. The average molecular weight is 342 g/mol. The van der Waals surface area contributed by atoms with Gasteiger partial charge in [0.1, 0.15) is 0 Å². The lowest BCUT2D eigenvalue weighted by Crippen LogP contribution is -2.37. The third kappa shape index (κ3) is 4.89. The van der Waals surface area contributed by atoms with Gasteiger partial charge in [0.25, 0.3) is 0 Å². The number of rotatable bonds is 6. The summed E-state index contributed by atoms with van der Waals surface area (Å²) in [6, 6.07) is 4.92. The van der Waals surface area contributed by atoms with Crippen LogP contribution in [0.4, 0.5) is 4.79 Å². The van der Waals surface area contributed by atoms with Crippen molar-refractivity contribution in [1.82, 2.24) is 25.6 Å². The maximum atomic E-state index is 11.8. The summed E-state index contributed by atoms with van der Waals surface area (Å²) in [6.07, 6.45) is 4.18. The second-order valence-corrected chi connectivity index (χ2v) is 5.63. The van der Waals surface area contributed by atoms with E-state index < -0.39 is 0 Å². The molecule has 2 amide bonds. The largest absolute Gasteiger partial charge is 0.338 e. The van der Waals surface area contributed by atoms with Crippen LogP contribution in [-0.2, 0) is 6.54 Å². The van der Waals surface area contributed by atoms with E-state index in [-0.39, 0.29) is 12.1 Å². The Labute approximate surface area is 138 Å². The van der Waals surface area contributed by atoms with E-state index in [0.29, 0.717) is 23.1 Å². The normalized spacial score (nSPS) is 12.0. The first-order valence-corrected chi connectivity index (χ1v) is 7.65. The van der Waals surface area contributed by atoms with E-state index in [0.717, 1.165) is 12.0 Å². The molecule has 0 unspecified atom stereocenters. The Bertz CT molecular complexity index is 618. The Kier molecular flexibility index (Phi) is 6.03. The van der Waals surface area contributed by atoms with Crippen LogP contribution >= 0.6 is 23.2 Å². The molecule has 0 aliphatic heterocycles. The summed E-state index contributed by atoms with van der Waals surface area (Å²) in [7, 11) is 0. The molecule has 1 aromatic carbocycles. The van der Waals surface area contributed by atoms with Crippen LogP contribution in [0.25, 0.3) is 0 Å². The highest BCUT2D eigenvalue weighted by atomic mass is 35.5. The highest BCUT2D eigenvalue weighted by molar-refractivity contribution is 6.42. The van der Waals surface area contributed by atoms with Crippen molar-refractivity contribution in [2.24, 2.45) is 0 Å². The Hall–Kier alpha value is -1.79. The van der Waals surface area contributed by atoms with E-state index in [1.165, 1.54) is 0 Å². The molecule has 1 aromatic heterocycles. The average Bonchev–Trinajstić information content (AvgIpc) is 2.99. The molecular weight excluding hydrogens is 325 g/mol. The summed E-state index contributed by atoms with van der Waals surface area (Å²) in [5, 5.41) is 14.2. The van der Waals surface area contributed by atoms with Gasteiger partial charge in [-0.3, -0.25) is 4.68 Å². The number of hydrogen-bond acceptors (Lipinski definition) is 3. The van der Waals surface area contributed by atoms with E-state index in [1.807, 2.05) is 13.0 Å². The fourth-order valence-corrected chi connectivity index (χ4v) is 2.21. The number of hydrogen-bond donors (Lipinski definition) is 2. The number of halogens is 2. The van der Waals surface area contributed by atoms with Crippen LogP contribution in [0.5, 0.6) is 0 Å². The SMILES string of the molecule is C[C@H](NC(=O)NCCCn1ccnn1)c1ccc(Cl)c(Cl)c1. The van der Waals surface area contributed by atoms with Crippen LogP contribution in [-0.4, -0.2) is 27.6 Å². The zero-order chi connectivity index (χ0) is 15.9. The monoisotopic (exact) mass is 341 g/mol. The number of amides is 2. The van der Waals surface area contributed by atoms with Crippen molar-refractivity contribution in [3.63, 3.8) is 0 Å². The number of nitrogens with one attached hydrogen (secondary N) is 2. The van der Waals surface area contributed by atoms with Crippen molar-refractivity contribution in [1.29, 1.82) is 0 Å². The number of aromatic nitrogens is 3. The number of carbonyl (C=O) groups excluding carboxylic acids is 1. The molecule has 0 spiro atoms. The minimum atomic E-state index is -0.225. The van der Waals surface area contributed by atoms with Crippen molar-refractivity contribution in [2.75, 3.05) is 6.54 Å². The molecule has 2 aromatic rings. The van der Waals surface area contributed by atoms with Crippen LogP contribution < -0.4 is 10.6 Å². The van der Waals surface area contributed by atoms with Gasteiger partial charge in [-0.2, -0.15) is 0 Å². The van der Waals surface area contributed by atoms with Crippen molar-refractivity contribution in [3.05, 3.63) is 46.2 Å². The fourth-order valence-electron chi connectivity index (χ4n) is 1.91. The molecule has 0 aliphatic rings. The van der Waals surface area contributed by atoms with E-state index in [2.05, 4.69) is 20.9 Å². The van der Waals surface area contributed by atoms with Crippen molar-refractivity contribution < 1.29 is 4.79 Å². The summed E-state index contributed by atoms with van der Waals surface area (Å²) < 4.78 is 1.72. The van der Waals surface area contributed by atoms with Gasteiger partial charge in [-0.15, -0.1) is 5.10 Å². The molecule has 6 nitrogen and oxygen atoms in total. The zero-order valence-corrected chi connectivity index (χ0v) is 13.6. The van der Waals surface area contributed by atoms with Gasteiger partial charge in [0, 0.05) is 19.3 Å². The van der Waals surface area contributed by atoms with E-state index >= 15 is 0 Å². The molecule has 0 saturated heterocycles. The minimum absolute atomic E-state index is 0.162. The smallest absolute Gasteiger partial charge is 0.315 e. The molecule has 118 valence electrons. The quantitative estimate of drug-likeness (QED) is 0.793. The molecular formula is C14H17Cl2N5O. The Balaban J connectivity index is 1.72. The van der Waals surface area contributed by atoms with Gasteiger partial charge in [-0.1, -0.05) is 34.5 Å². The Morgan fingerprint density at radius 1 is 1.36 bits per heavy atom. The van der Waals surface area contributed by atoms with E-state index in [9.17, 15) is 4.79 Å². The third-order valence-electron chi connectivity index (χ3n) is 3.11. The van der Waals surface area contributed by atoms with Crippen LogP contribution in [0.1, 0.15) is 24.9 Å². The molecule has 0 radical (unpaired) electrons. The molecule has 2 rings (SSSR count). The van der Waals surface area contributed by atoms with Gasteiger partial charge in [-0.05, 0) is 31.0 Å². The topological polar surface area (TPSA) is 71.8 Å². The van der Waals surface area contributed by atoms with Gasteiger partial charge in [-0.25, -0.2) is 4.79 Å². The van der Waals surface area contributed by atoms with Crippen LogP contribution in [0.3, 0.4) is 0 Å². The van der Waals surface area contributed by atoms with E-state index in [4.69, 9.17) is 23.2 Å². The predicted molar refractivity (Wildman–Crippen MR) is 86.1 cm³/mol. The van der Waals surface area contributed by atoms with Crippen LogP contribution in [0.2, 0.25) is 10.0 Å². The molecule has 1 heterocycles. The molecule has 0 saturated carbocycles. The second-order valence-electron chi connectivity index (χ2n) is 4.82. The summed E-state index contributed by atoms with van der Waals surface area (Å²) >= 11 is 11.8. The molecule has 22 heavy (non-hydrogen) atoms. The number of carbonyl (C=O) groups is 1. The number of nitrogens with zero attached hydrogens (tertiary/aromatic N) is 3. The van der Waals surface area contributed by atoms with Crippen molar-refractivity contribution >= 4 is 29.2 Å². The molecule has 0 aliphatic carbocycles. The minimum Gasteiger partial charge on any atom is -0.338 e. The highest BCUT2D eigenvalue weighted by Crippen LogP contribution is 2.25. The maximum absolute atomic E-state index is 11.8. The van der Waals surface area contributed by atoms with E-state index in [1.54, 1.807) is 29.2 Å². The van der Waals surface area contributed by atoms with Gasteiger partial charge in [0.2, 0.25) is 0 Å². The summed E-state index contributed by atoms with van der Waals surface area (Å²) in [4.78, 5) is 11.8. The maximum Gasteiger partial charge on any atom is 0.315 e. The first-order valence-electron chi connectivity index (χ1n) is 6.89. The lowest BCUT2D eigenvalue weighted by Gasteiger charge is -2.15. The number of urea groups is 1. The first kappa shape index (κ1) is 16.6. The summed E-state index contributed by atoms with van der Waals surface area (Å²) in [5.74, 6) is 0. The lowest BCUT2D eigenvalue weighted by atomic mass is 10.1. The van der Waals surface area contributed by atoms with Crippen LogP contribution in [0, 0.1) is 0 Å². The summed E-state index contributed by atoms with van der Waals surface area (Å²) in [5.41, 5.74) is 0.896. The number of aryl methyl sites for hydroxylation is 1. The van der Waals surface area contributed by atoms with Gasteiger partial charge < -0.3 is 10.6 Å². The Morgan fingerprint density at radius 2 is 2.18 bits per heavy atom. The predicted octanol–water partition coefficient (Wildman–Crippen LogP) is 3.04. The first-order chi connectivity index (χ1) is 10.6. The lowest BCUT2D eigenvalue weighted by molar-refractivity contribution is 0.237. The van der Waals surface area contributed by atoms with Crippen molar-refractivity contribution in [3.8, 4) is 0 Å². The highest BCUT2D eigenvalue weighted by Gasteiger charge is 2.10. The molecule has 0 fully saturated rings. The molecule has 2 N–H and O–H groups in total. The van der Waals surface area contributed by atoms with Gasteiger partial charge in [0.05, 0.1) is 22.3 Å². The van der Waals surface area contributed by atoms with Crippen molar-refractivity contribution in [2.45, 2.75) is 25.9 Å². The zero-order valence-electron chi connectivity index (χ0n) is 12.1. The molecule has 1 atom stereocenters. The van der Waals surface area contributed by atoms with Gasteiger partial charge in [0.15, 0.2) is 0 Å².